The quantitative estimate of drug-likeness (QED) is 0.854. The van der Waals surface area contributed by atoms with Crippen molar-refractivity contribution in [3.8, 4) is 0 Å². The summed E-state index contributed by atoms with van der Waals surface area (Å²) in [6.07, 6.45) is -0.605. The van der Waals surface area contributed by atoms with Gasteiger partial charge in [0, 0.05) is 23.0 Å². The highest BCUT2D eigenvalue weighted by molar-refractivity contribution is 6.04. The smallest absolute Gasteiger partial charge is 0.412 e. The van der Waals surface area contributed by atoms with Gasteiger partial charge in [-0.3, -0.25) is 10.1 Å². The highest BCUT2D eigenvalue weighted by Gasteiger charge is 2.16. The van der Waals surface area contributed by atoms with E-state index in [0.717, 1.165) is 12.1 Å². The number of nitrogens with one attached hydrogen (secondary N) is 2. The lowest BCUT2D eigenvalue weighted by molar-refractivity contribution is 0.0636. The van der Waals surface area contributed by atoms with Crippen molar-refractivity contribution < 1.29 is 23.1 Å². The lowest BCUT2D eigenvalue weighted by atomic mass is 10.2. The first kappa shape index (κ1) is 18.4. The fourth-order valence-corrected chi connectivity index (χ4v) is 1.90. The monoisotopic (exact) mass is 348 g/mol. The van der Waals surface area contributed by atoms with Crippen LogP contribution in [-0.4, -0.2) is 17.6 Å². The zero-order chi connectivity index (χ0) is 18.6. The predicted octanol–water partition coefficient (Wildman–Crippen LogP) is 4.56. The number of hydrogen-bond donors (Lipinski definition) is 2. The molecule has 0 saturated carbocycles. The van der Waals surface area contributed by atoms with Crippen LogP contribution in [-0.2, 0) is 4.74 Å². The van der Waals surface area contributed by atoms with Gasteiger partial charge in [-0.2, -0.15) is 0 Å². The number of hydrogen-bond acceptors (Lipinski definition) is 3. The van der Waals surface area contributed by atoms with Gasteiger partial charge in [0.15, 0.2) is 11.6 Å². The van der Waals surface area contributed by atoms with Gasteiger partial charge < -0.3 is 10.1 Å². The molecule has 0 fully saturated rings. The summed E-state index contributed by atoms with van der Waals surface area (Å²) in [5, 5.41) is 5.00. The highest BCUT2D eigenvalue weighted by atomic mass is 19.2. The van der Waals surface area contributed by atoms with E-state index in [0.29, 0.717) is 11.3 Å². The molecule has 0 aliphatic rings. The Morgan fingerprint density at radius 2 is 1.48 bits per heavy atom. The van der Waals surface area contributed by atoms with Crippen LogP contribution in [0.5, 0.6) is 0 Å². The summed E-state index contributed by atoms with van der Waals surface area (Å²) >= 11 is 0. The van der Waals surface area contributed by atoms with Gasteiger partial charge in [-0.05, 0) is 57.2 Å². The first-order valence-corrected chi connectivity index (χ1v) is 7.50. The van der Waals surface area contributed by atoms with Crippen molar-refractivity contribution in [1.82, 2.24) is 0 Å². The van der Waals surface area contributed by atoms with E-state index < -0.39 is 29.2 Å². The van der Waals surface area contributed by atoms with Crippen molar-refractivity contribution in [2.75, 3.05) is 10.6 Å². The van der Waals surface area contributed by atoms with Crippen molar-refractivity contribution in [3.05, 3.63) is 59.7 Å². The normalized spacial score (nSPS) is 10.9. The Hall–Kier alpha value is -2.96. The van der Waals surface area contributed by atoms with Crippen LogP contribution in [0.25, 0.3) is 0 Å². The molecular formula is C18H18F2N2O3. The van der Waals surface area contributed by atoms with Gasteiger partial charge in [0.05, 0.1) is 0 Å². The third-order valence-electron chi connectivity index (χ3n) is 2.97. The molecule has 25 heavy (non-hydrogen) atoms. The molecule has 7 heteroatoms. The lowest BCUT2D eigenvalue weighted by Crippen LogP contribution is -2.27. The summed E-state index contributed by atoms with van der Waals surface area (Å²) in [7, 11) is 0. The maximum atomic E-state index is 13.1. The summed E-state index contributed by atoms with van der Waals surface area (Å²) in [4.78, 5) is 23.8. The molecule has 2 amide bonds. The number of ether oxygens (including phenoxy) is 1. The molecule has 0 atom stereocenters. The Morgan fingerprint density at radius 1 is 0.880 bits per heavy atom. The Labute approximate surface area is 144 Å². The number of carbonyl (C=O) groups excluding carboxylic acids is 2. The number of carbonyl (C=O) groups is 2. The number of benzene rings is 2. The van der Waals surface area contributed by atoms with Crippen LogP contribution in [0.2, 0.25) is 0 Å². The van der Waals surface area contributed by atoms with Crippen molar-refractivity contribution >= 4 is 23.4 Å². The van der Waals surface area contributed by atoms with Gasteiger partial charge in [0.1, 0.15) is 5.60 Å². The Balaban J connectivity index is 2.00. The van der Waals surface area contributed by atoms with E-state index in [-0.39, 0.29) is 5.69 Å². The highest BCUT2D eigenvalue weighted by Crippen LogP contribution is 2.16. The molecule has 0 spiro atoms. The van der Waals surface area contributed by atoms with Gasteiger partial charge >= 0.3 is 6.09 Å². The van der Waals surface area contributed by atoms with Gasteiger partial charge in [0.2, 0.25) is 0 Å². The van der Waals surface area contributed by atoms with Crippen LogP contribution in [0.15, 0.2) is 42.5 Å². The molecule has 2 aromatic rings. The number of rotatable bonds is 3. The summed E-state index contributed by atoms with van der Waals surface area (Å²) in [6.45, 7) is 5.24. The summed E-state index contributed by atoms with van der Waals surface area (Å²) in [6, 6.07) is 9.12. The number of anilines is 2. The maximum Gasteiger partial charge on any atom is 0.412 e. The zero-order valence-corrected chi connectivity index (χ0v) is 14.0. The van der Waals surface area contributed by atoms with Gasteiger partial charge in [-0.15, -0.1) is 0 Å². The predicted molar refractivity (Wildman–Crippen MR) is 90.6 cm³/mol. The van der Waals surface area contributed by atoms with E-state index in [1.165, 1.54) is 30.3 Å². The minimum Gasteiger partial charge on any atom is -0.444 e. The molecule has 5 nitrogen and oxygen atoms in total. The fraction of sp³-hybridized carbons (Fsp3) is 0.222. The molecule has 0 aromatic heterocycles. The van der Waals surface area contributed by atoms with Crippen LogP contribution in [0, 0.1) is 11.6 Å². The topological polar surface area (TPSA) is 67.4 Å². The van der Waals surface area contributed by atoms with Crippen molar-refractivity contribution in [2.45, 2.75) is 26.4 Å². The van der Waals surface area contributed by atoms with E-state index >= 15 is 0 Å². The first-order valence-electron chi connectivity index (χ1n) is 7.50. The molecule has 0 heterocycles. The van der Waals surface area contributed by atoms with E-state index in [1.54, 1.807) is 20.8 Å². The fourth-order valence-electron chi connectivity index (χ4n) is 1.90. The largest absolute Gasteiger partial charge is 0.444 e. The lowest BCUT2D eigenvalue weighted by Gasteiger charge is -2.19. The number of amides is 2. The molecule has 0 radical (unpaired) electrons. The molecule has 2 N–H and O–H groups in total. The van der Waals surface area contributed by atoms with Crippen molar-refractivity contribution in [1.29, 1.82) is 0 Å². The molecule has 0 saturated heterocycles. The van der Waals surface area contributed by atoms with Crippen LogP contribution < -0.4 is 10.6 Å². The van der Waals surface area contributed by atoms with E-state index in [2.05, 4.69) is 10.6 Å². The van der Waals surface area contributed by atoms with E-state index in [9.17, 15) is 18.4 Å². The molecule has 132 valence electrons. The third-order valence-corrected chi connectivity index (χ3v) is 2.97. The molecule has 0 aliphatic heterocycles. The van der Waals surface area contributed by atoms with Gasteiger partial charge in [0.25, 0.3) is 5.91 Å². The second-order valence-electron chi connectivity index (χ2n) is 6.29. The first-order chi connectivity index (χ1) is 11.6. The molecule has 2 aromatic carbocycles. The third kappa shape index (κ3) is 5.56. The van der Waals surface area contributed by atoms with E-state index in [1.807, 2.05) is 0 Å². The molecule has 0 aliphatic carbocycles. The summed E-state index contributed by atoms with van der Waals surface area (Å²) in [5.74, 6) is -2.53. The van der Waals surface area contributed by atoms with Crippen molar-refractivity contribution in [3.63, 3.8) is 0 Å². The summed E-state index contributed by atoms with van der Waals surface area (Å²) < 4.78 is 31.1. The molecule has 0 unspecified atom stereocenters. The van der Waals surface area contributed by atoms with Gasteiger partial charge in [-0.25, -0.2) is 13.6 Å². The number of halogens is 2. The van der Waals surface area contributed by atoms with E-state index in [4.69, 9.17) is 4.74 Å². The van der Waals surface area contributed by atoms with Crippen LogP contribution >= 0.6 is 0 Å². The van der Waals surface area contributed by atoms with Crippen LogP contribution in [0.1, 0.15) is 31.1 Å². The summed E-state index contributed by atoms with van der Waals surface area (Å²) in [5.41, 5.74) is 0.270. The molecular weight excluding hydrogens is 330 g/mol. The minimum atomic E-state index is -1.05. The Kier molecular flexibility index (Phi) is 5.36. The SMILES string of the molecule is CC(C)(C)OC(=O)Nc1ccc(C(=O)Nc2ccc(F)c(F)c2)cc1. The van der Waals surface area contributed by atoms with Crippen molar-refractivity contribution in [2.24, 2.45) is 0 Å². The Morgan fingerprint density at radius 3 is 2.04 bits per heavy atom. The average molecular weight is 348 g/mol. The maximum absolute atomic E-state index is 13.1. The minimum absolute atomic E-state index is 0.139. The van der Waals surface area contributed by atoms with Crippen LogP contribution in [0.4, 0.5) is 25.0 Å². The second kappa shape index (κ2) is 7.29. The second-order valence-corrected chi connectivity index (χ2v) is 6.29. The average Bonchev–Trinajstić information content (AvgIpc) is 2.49. The standard InChI is InChI=1S/C18H18F2N2O3/c1-18(2,3)25-17(24)22-12-6-4-11(5-7-12)16(23)21-13-8-9-14(19)15(20)10-13/h4-10H,1-3H3,(H,21,23)(H,22,24). The van der Waals surface area contributed by atoms with Crippen LogP contribution in [0.3, 0.4) is 0 Å². The molecule has 2 rings (SSSR count). The molecule has 0 bridgehead atoms. The Bertz CT molecular complexity index is 784. The van der Waals surface area contributed by atoms with Gasteiger partial charge in [-0.1, -0.05) is 0 Å². The zero-order valence-electron chi connectivity index (χ0n) is 14.0.